The van der Waals surface area contributed by atoms with Gasteiger partial charge >= 0.3 is 0 Å². The monoisotopic (exact) mass is 437 g/mol. The van der Waals surface area contributed by atoms with Crippen molar-refractivity contribution in [1.29, 1.82) is 0 Å². The number of nitrogens with two attached hydrogens (primary N) is 1. The lowest BCUT2D eigenvalue weighted by molar-refractivity contribution is -0.123. The first kappa shape index (κ1) is 19.1. The van der Waals surface area contributed by atoms with Crippen LogP contribution in [0.25, 0.3) is 5.57 Å². The number of nitrogens with zero attached hydrogens (tertiary/aromatic N) is 2. The number of fused-ring (bicyclic) bond motifs is 1. The highest BCUT2D eigenvalue weighted by atomic mass is 32.2. The molecule has 28 heavy (non-hydrogen) atoms. The minimum Gasteiger partial charge on any atom is -0.368 e. The molecule has 4 rings (SSSR count). The number of thiocarbonyl (C=S) groups is 1. The van der Waals surface area contributed by atoms with E-state index in [-0.39, 0.29) is 32.8 Å². The van der Waals surface area contributed by atoms with Gasteiger partial charge in [-0.15, -0.1) is 0 Å². The molecule has 0 aliphatic carbocycles. The lowest BCUT2D eigenvalue weighted by Crippen LogP contribution is -2.39. The second-order valence-electron chi connectivity index (χ2n) is 6.68. The van der Waals surface area contributed by atoms with Crippen LogP contribution in [0.1, 0.15) is 12.0 Å². The molecule has 2 N–H and O–H groups in total. The van der Waals surface area contributed by atoms with E-state index in [4.69, 9.17) is 18.0 Å². The molecule has 1 unspecified atom stereocenters. The molecule has 2 fully saturated rings. The van der Waals surface area contributed by atoms with Crippen molar-refractivity contribution in [2.75, 3.05) is 23.0 Å². The Bertz CT molecular complexity index is 1080. The molecule has 0 saturated carbocycles. The van der Waals surface area contributed by atoms with Crippen molar-refractivity contribution in [2.45, 2.75) is 12.5 Å². The minimum atomic E-state index is -3.20. The van der Waals surface area contributed by atoms with Gasteiger partial charge < -0.3 is 5.73 Å². The van der Waals surface area contributed by atoms with Gasteiger partial charge in [0, 0.05) is 5.56 Å². The summed E-state index contributed by atoms with van der Waals surface area (Å²) in [6.07, 6.45) is 0.315. The van der Waals surface area contributed by atoms with Crippen molar-refractivity contribution in [3.8, 4) is 0 Å². The van der Waals surface area contributed by atoms with Gasteiger partial charge in [-0.3, -0.25) is 24.2 Å². The topological polar surface area (TPSA) is 118 Å². The van der Waals surface area contributed by atoms with Crippen LogP contribution in [0.5, 0.6) is 0 Å². The van der Waals surface area contributed by atoms with E-state index >= 15 is 0 Å². The third-order valence-electron chi connectivity index (χ3n) is 4.84. The zero-order valence-electron chi connectivity index (χ0n) is 14.5. The molecule has 3 heterocycles. The van der Waals surface area contributed by atoms with Crippen LogP contribution < -0.4 is 10.6 Å². The fourth-order valence-corrected chi connectivity index (χ4v) is 6.81. The van der Waals surface area contributed by atoms with Crippen molar-refractivity contribution < 1.29 is 22.8 Å². The number of amides is 3. The average molecular weight is 438 g/mol. The fourth-order valence-electron chi connectivity index (χ4n) is 3.64. The number of para-hydroxylation sites is 1. The maximum atomic E-state index is 13.1. The summed E-state index contributed by atoms with van der Waals surface area (Å²) in [5.74, 6) is -1.78. The molecule has 0 spiro atoms. The minimum absolute atomic E-state index is 0.00872. The van der Waals surface area contributed by atoms with E-state index in [0.29, 0.717) is 17.7 Å². The van der Waals surface area contributed by atoms with Gasteiger partial charge in [-0.2, -0.15) is 0 Å². The first-order valence-corrected chi connectivity index (χ1v) is 11.4. The Morgan fingerprint density at radius 3 is 2.61 bits per heavy atom. The van der Waals surface area contributed by atoms with Gasteiger partial charge in [0.2, 0.25) is 5.91 Å². The van der Waals surface area contributed by atoms with E-state index in [0.717, 1.165) is 11.8 Å². The molecule has 0 bridgehead atoms. The van der Waals surface area contributed by atoms with Gasteiger partial charge in [0.25, 0.3) is 11.8 Å². The van der Waals surface area contributed by atoms with Crippen LogP contribution in [0.4, 0.5) is 5.69 Å². The van der Waals surface area contributed by atoms with Crippen LogP contribution in [0, 0.1) is 0 Å². The van der Waals surface area contributed by atoms with E-state index in [9.17, 15) is 22.8 Å². The number of thioether (sulfide) groups is 1. The summed E-state index contributed by atoms with van der Waals surface area (Å²) in [4.78, 5) is 40.2. The van der Waals surface area contributed by atoms with Crippen molar-refractivity contribution in [3.05, 3.63) is 34.7 Å². The molecule has 1 aromatic carbocycles. The molecular weight excluding hydrogens is 422 g/mol. The summed E-state index contributed by atoms with van der Waals surface area (Å²) < 4.78 is 23.8. The van der Waals surface area contributed by atoms with Gasteiger partial charge in [-0.1, -0.05) is 42.2 Å². The average Bonchev–Trinajstić information content (AvgIpc) is 3.20. The summed E-state index contributed by atoms with van der Waals surface area (Å²) in [6, 6.07) is 6.29. The van der Waals surface area contributed by atoms with Crippen molar-refractivity contribution >= 4 is 67.1 Å². The number of benzene rings is 1. The lowest BCUT2D eigenvalue weighted by Gasteiger charge is -2.21. The number of rotatable bonds is 3. The van der Waals surface area contributed by atoms with E-state index in [1.165, 1.54) is 9.80 Å². The summed E-state index contributed by atoms with van der Waals surface area (Å²) >= 11 is 6.30. The van der Waals surface area contributed by atoms with Gasteiger partial charge in [0.1, 0.15) is 10.9 Å². The van der Waals surface area contributed by atoms with Crippen molar-refractivity contribution in [3.63, 3.8) is 0 Å². The van der Waals surface area contributed by atoms with E-state index in [1.54, 1.807) is 24.3 Å². The lowest BCUT2D eigenvalue weighted by atomic mass is 10.1. The van der Waals surface area contributed by atoms with Crippen LogP contribution in [-0.2, 0) is 24.2 Å². The number of carbonyl (C=O) groups excluding carboxylic acids is 3. The highest BCUT2D eigenvalue weighted by Gasteiger charge is 2.46. The Morgan fingerprint density at radius 2 is 1.96 bits per heavy atom. The van der Waals surface area contributed by atoms with Gasteiger partial charge in [0.05, 0.1) is 33.7 Å². The van der Waals surface area contributed by atoms with Gasteiger partial charge in [-0.25, -0.2) is 8.42 Å². The maximum Gasteiger partial charge on any atom is 0.267 e. The predicted molar refractivity (Wildman–Crippen MR) is 109 cm³/mol. The molecular formula is C17H15N3O5S3. The Morgan fingerprint density at radius 1 is 1.25 bits per heavy atom. The Kier molecular flexibility index (Phi) is 4.55. The quantitative estimate of drug-likeness (QED) is 0.533. The molecule has 8 nitrogen and oxygen atoms in total. The Labute approximate surface area is 170 Å². The number of sulfone groups is 1. The molecule has 1 aromatic rings. The number of primary amides is 1. The summed E-state index contributed by atoms with van der Waals surface area (Å²) in [7, 11) is -3.20. The third kappa shape index (κ3) is 3.03. The molecule has 2 saturated heterocycles. The molecule has 11 heteroatoms. The van der Waals surface area contributed by atoms with Crippen molar-refractivity contribution in [1.82, 2.24) is 4.90 Å². The molecule has 3 aliphatic rings. The molecule has 0 aromatic heterocycles. The second-order valence-corrected chi connectivity index (χ2v) is 10.6. The number of carbonyl (C=O) groups is 3. The van der Waals surface area contributed by atoms with Gasteiger partial charge in [0.15, 0.2) is 9.84 Å². The third-order valence-corrected chi connectivity index (χ3v) is 7.99. The van der Waals surface area contributed by atoms with Crippen LogP contribution in [0.2, 0.25) is 0 Å². The van der Waals surface area contributed by atoms with Crippen LogP contribution >= 0.6 is 24.0 Å². The standard InChI is InChI=1S/C17H15N3O5S3/c18-12(21)7-19-11-4-2-1-3-10(11)13(15(19)22)14-16(23)20(17(26)27-14)9-5-6-28(24,25)8-9/h1-4,9H,5-8H2,(H2,18,21). The SMILES string of the molecule is NC(=O)CN1C(=O)C(=C2SC(=S)N(C3CCS(=O)(=O)C3)C2=O)c2ccccc21. The van der Waals surface area contributed by atoms with Crippen LogP contribution in [0.15, 0.2) is 29.2 Å². The highest BCUT2D eigenvalue weighted by Crippen LogP contribution is 2.45. The Balaban J connectivity index is 1.77. The number of hydrogen-bond donors (Lipinski definition) is 1. The van der Waals surface area contributed by atoms with E-state index < -0.39 is 33.6 Å². The molecule has 146 valence electrons. The van der Waals surface area contributed by atoms with Crippen LogP contribution in [-0.4, -0.2) is 59.5 Å². The van der Waals surface area contributed by atoms with E-state index in [1.807, 2.05) is 0 Å². The number of anilines is 1. The van der Waals surface area contributed by atoms with Crippen LogP contribution in [0.3, 0.4) is 0 Å². The summed E-state index contributed by atoms with van der Waals surface area (Å²) in [6.45, 7) is -0.305. The molecule has 1 atom stereocenters. The van der Waals surface area contributed by atoms with Gasteiger partial charge in [-0.05, 0) is 12.5 Å². The zero-order valence-corrected chi connectivity index (χ0v) is 16.9. The smallest absolute Gasteiger partial charge is 0.267 e. The second kappa shape index (κ2) is 6.68. The molecule has 0 radical (unpaired) electrons. The zero-order chi connectivity index (χ0) is 20.2. The maximum absolute atomic E-state index is 13.1. The highest BCUT2D eigenvalue weighted by molar-refractivity contribution is 8.26. The fraction of sp³-hybridized carbons (Fsp3) is 0.294. The predicted octanol–water partition coefficient (Wildman–Crippen LogP) is 0.277. The normalized spacial score (nSPS) is 26.3. The molecule has 3 amide bonds. The Hall–Kier alpha value is -2.24. The largest absolute Gasteiger partial charge is 0.368 e. The summed E-state index contributed by atoms with van der Waals surface area (Å²) in [5.41, 5.74) is 6.44. The van der Waals surface area contributed by atoms with Crippen molar-refractivity contribution in [2.24, 2.45) is 5.73 Å². The molecule has 3 aliphatic heterocycles. The first-order chi connectivity index (χ1) is 13.2. The summed E-state index contributed by atoms with van der Waals surface area (Å²) in [5, 5.41) is 0. The van der Waals surface area contributed by atoms with E-state index in [2.05, 4.69) is 0 Å². The first-order valence-electron chi connectivity index (χ1n) is 8.39. The number of hydrogen-bond acceptors (Lipinski definition) is 7.